The molecule has 0 amide bonds. The zero-order valence-corrected chi connectivity index (χ0v) is 11.4. The van der Waals surface area contributed by atoms with E-state index in [1.165, 1.54) is 5.56 Å². The van der Waals surface area contributed by atoms with Crippen molar-refractivity contribution in [3.05, 3.63) is 17.7 Å². The van der Waals surface area contributed by atoms with Crippen molar-refractivity contribution in [2.24, 2.45) is 5.73 Å². The molecule has 0 aromatic heterocycles. The van der Waals surface area contributed by atoms with E-state index in [1.54, 1.807) is 26.0 Å². The highest BCUT2D eigenvalue weighted by Crippen LogP contribution is 2.52. The number of nitrogens with two attached hydrogens (primary N) is 1. The summed E-state index contributed by atoms with van der Waals surface area (Å²) in [5.74, 6) is 1.84. The van der Waals surface area contributed by atoms with Crippen molar-refractivity contribution in [3.63, 3.8) is 0 Å². The molecule has 1 aromatic carbocycles. The van der Waals surface area contributed by atoms with E-state index in [4.69, 9.17) is 15.2 Å². The molecule has 1 saturated carbocycles. The van der Waals surface area contributed by atoms with Crippen molar-refractivity contribution >= 4 is 11.8 Å². The van der Waals surface area contributed by atoms with Crippen LogP contribution < -0.4 is 15.2 Å². The van der Waals surface area contributed by atoms with E-state index in [2.05, 4.69) is 12.1 Å². The third kappa shape index (κ3) is 2.11. The number of rotatable bonds is 5. The minimum absolute atomic E-state index is 0.121. The quantitative estimate of drug-likeness (QED) is 0.819. The molecular formula is C13H19NO2S. The summed E-state index contributed by atoms with van der Waals surface area (Å²) in [6, 6.07) is 4.14. The summed E-state index contributed by atoms with van der Waals surface area (Å²) in [5, 5.41) is 0. The zero-order chi connectivity index (χ0) is 12.5. The molecule has 0 radical (unpaired) electrons. The van der Waals surface area contributed by atoms with Gasteiger partial charge in [0.05, 0.1) is 19.1 Å². The van der Waals surface area contributed by atoms with Crippen LogP contribution in [-0.4, -0.2) is 27.0 Å². The molecule has 0 heterocycles. The maximum Gasteiger partial charge on any atom is 0.132 e. The van der Waals surface area contributed by atoms with Gasteiger partial charge in [0.15, 0.2) is 0 Å². The number of benzene rings is 1. The standard InChI is InChI=1S/C13H19NO2S/c1-15-10-7-12(17-3)11(16-2)6-9(10)13(8-14)4-5-13/h6-7H,4-5,8,14H2,1-3H3. The van der Waals surface area contributed by atoms with Gasteiger partial charge in [-0.25, -0.2) is 0 Å². The Hall–Kier alpha value is -0.870. The fourth-order valence-electron chi connectivity index (χ4n) is 2.18. The van der Waals surface area contributed by atoms with E-state index in [-0.39, 0.29) is 5.41 Å². The molecule has 2 rings (SSSR count). The van der Waals surface area contributed by atoms with Crippen molar-refractivity contribution in [2.75, 3.05) is 27.0 Å². The highest BCUT2D eigenvalue weighted by Gasteiger charge is 2.45. The Morgan fingerprint density at radius 1 is 1.24 bits per heavy atom. The normalized spacial score (nSPS) is 16.7. The third-order valence-corrected chi connectivity index (χ3v) is 4.28. The summed E-state index contributed by atoms with van der Waals surface area (Å²) < 4.78 is 10.9. The Labute approximate surface area is 107 Å². The minimum atomic E-state index is 0.121. The van der Waals surface area contributed by atoms with Gasteiger partial charge in [-0.1, -0.05) is 0 Å². The molecular weight excluding hydrogens is 234 g/mol. The molecule has 0 bridgehead atoms. The van der Waals surface area contributed by atoms with Crippen LogP contribution in [-0.2, 0) is 5.41 Å². The first-order valence-electron chi connectivity index (χ1n) is 5.71. The molecule has 1 aliphatic rings. The average Bonchev–Trinajstić information content (AvgIpc) is 3.18. The van der Waals surface area contributed by atoms with Crippen LogP contribution in [0.3, 0.4) is 0 Å². The largest absolute Gasteiger partial charge is 0.496 e. The zero-order valence-electron chi connectivity index (χ0n) is 10.6. The van der Waals surface area contributed by atoms with Crippen LogP contribution in [0.5, 0.6) is 11.5 Å². The smallest absolute Gasteiger partial charge is 0.132 e. The second-order valence-electron chi connectivity index (χ2n) is 4.39. The third-order valence-electron chi connectivity index (χ3n) is 3.52. The Bertz CT molecular complexity index is 416. The summed E-state index contributed by atoms with van der Waals surface area (Å²) in [4.78, 5) is 1.10. The summed E-state index contributed by atoms with van der Waals surface area (Å²) in [5.41, 5.74) is 7.20. The lowest BCUT2D eigenvalue weighted by atomic mass is 9.95. The van der Waals surface area contributed by atoms with Crippen LogP contribution in [0.1, 0.15) is 18.4 Å². The summed E-state index contributed by atoms with van der Waals surface area (Å²) in [6.45, 7) is 0.672. The molecule has 1 fully saturated rings. The lowest BCUT2D eigenvalue weighted by Gasteiger charge is -2.19. The number of hydrogen-bond acceptors (Lipinski definition) is 4. The van der Waals surface area contributed by atoms with Crippen molar-refractivity contribution in [2.45, 2.75) is 23.2 Å². The molecule has 2 N–H and O–H groups in total. The number of hydrogen-bond donors (Lipinski definition) is 1. The fourth-order valence-corrected chi connectivity index (χ4v) is 2.75. The molecule has 17 heavy (non-hydrogen) atoms. The maximum absolute atomic E-state index is 5.88. The van der Waals surface area contributed by atoms with Gasteiger partial charge < -0.3 is 15.2 Å². The Morgan fingerprint density at radius 3 is 2.29 bits per heavy atom. The lowest BCUT2D eigenvalue weighted by Crippen LogP contribution is -2.20. The Morgan fingerprint density at radius 2 is 1.88 bits per heavy atom. The average molecular weight is 253 g/mol. The second kappa shape index (κ2) is 4.78. The number of ether oxygens (including phenoxy) is 2. The highest BCUT2D eigenvalue weighted by molar-refractivity contribution is 7.98. The molecule has 4 heteroatoms. The van der Waals surface area contributed by atoms with Crippen LogP contribution in [0.4, 0.5) is 0 Å². The van der Waals surface area contributed by atoms with Crippen LogP contribution in [0.25, 0.3) is 0 Å². The molecule has 1 aliphatic carbocycles. The molecule has 1 aromatic rings. The van der Waals surface area contributed by atoms with Crippen LogP contribution in [0.15, 0.2) is 17.0 Å². The highest BCUT2D eigenvalue weighted by atomic mass is 32.2. The molecule has 0 aliphatic heterocycles. The van der Waals surface area contributed by atoms with Gasteiger partial charge in [-0.3, -0.25) is 0 Å². The monoisotopic (exact) mass is 253 g/mol. The van der Waals surface area contributed by atoms with Crippen molar-refractivity contribution in [3.8, 4) is 11.5 Å². The van der Waals surface area contributed by atoms with Gasteiger partial charge in [-0.2, -0.15) is 0 Å². The lowest BCUT2D eigenvalue weighted by molar-refractivity contribution is 0.386. The van der Waals surface area contributed by atoms with Crippen molar-refractivity contribution in [1.29, 1.82) is 0 Å². The predicted octanol–water partition coefficient (Wildman–Crippen LogP) is 2.42. The molecule has 0 unspecified atom stereocenters. The van der Waals surface area contributed by atoms with Gasteiger partial charge in [-0.15, -0.1) is 11.8 Å². The molecule has 3 nitrogen and oxygen atoms in total. The Kier molecular flexibility index (Phi) is 3.54. The first kappa shape index (κ1) is 12.6. The predicted molar refractivity (Wildman–Crippen MR) is 71.3 cm³/mol. The van der Waals surface area contributed by atoms with Gasteiger partial charge in [0.2, 0.25) is 0 Å². The van der Waals surface area contributed by atoms with E-state index >= 15 is 0 Å². The van der Waals surface area contributed by atoms with Gasteiger partial charge >= 0.3 is 0 Å². The molecule has 0 saturated heterocycles. The summed E-state index contributed by atoms with van der Waals surface area (Å²) in [6.07, 6.45) is 4.32. The minimum Gasteiger partial charge on any atom is -0.496 e. The summed E-state index contributed by atoms with van der Waals surface area (Å²) in [7, 11) is 3.41. The van der Waals surface area contributed by atoms with Gasteiger partial charge in [0.1, 0.15) is 11.5 Å². The van der Waals surface area contributed by atoms with Crippen molar-refractivity contribution in [1.82, 2.24) is 0 Å². The van der Waals surface area contributed by atoms with Crippen molar-refractivity contribution < 1.29 is 9.47 Å². The van der Waals surface area contributed by atoms with E-state index in [1.807, 2.05) is 6.26 Å². The first-order valence-corrected chi connectivity index (χ1v) is 6.94. The summed E-state index contributed by atoms with van der Waals surface area (Å²) >= 11 is 1.66. The van der Waals surface area contributed by atoms with Gasteiger partial charge in [-0.05, 0) is 31.2 Å². The van der Waals surface area contributed by atoms with E-state index in [0.717, 1.165) is 29.2 Å². The van der Waals surface area contributed by atoms with E-state index < -0.39 is 0 Å². The molecule has 0 atom stereocenters. The Balaban J connectivity index is 2.50. The first-order chi connectivity index (χ1) is 8.20. The fraction of sp³-hybridized carbons (Fsp3) is 0.538. The molecule has 94 valence electrons. The number of methoxy groups -OCH3 is 2. The maximum atomic E-state index is 5.88. The number of thioether (sulfide) groups is 1. The van der Waals surface area contributed by atoms with Gasteiger partial charge in [0.25, 0.3) is 0 Å². The van der Waals surface area contributed by atoms with E-state index in [9.17, 15) is 0 Å². The van der Waals surface area contributed by atoms with Crippen LogP contribution in [0, 0.1) is 0 Å². The van der Waals surface area contributed by atoms with Crippen LogP contribution >= 0.6 is 11.8 Å². The van der Waals surface area contributed by atoms with Crippen LogP contribution in [0.2, 0.25) is 0 Å². The van der Waals surface area contributed by atoms with E-state index in [0.29, 0.717) is 6.54 Å². The van der Waals surface area contributed by atoms with Gasteiger partial charge in [0, 0.05) is 17.5 Å². The molecule has 0 spiro atoms. The second-order valence-corrected chi connectivity index (χ2v) is 5.24. The SMILES string of the molecule is COc1cc(C2(CN)CC2)c(OC)cc1SC. The topological polar surface area (TPSA) is 44.5 Å².